The van der Waals surface area contributed by atoms with Crippen LogP contribution < -0.4 is 10.1 Å². The molecule has 0 aliphatic carbocycles. The molecule has 1 amide bonds. The summed E-state index contributed by atoms with van der Waals surface area (Å²) in [4.78, 5) is 13.6. The molecule has 4 nitrogen and oxygen atoms in total. The zero-order chi connectivity index (χ0) is 21.6. The second-order valence-electron chi connectivity index (χ2n) is 7.36. The summed E-state index contributed by atoms with van der Waals surface area (Å²) in [6, 6.07) is 24.3. The molecule has 3 aromatic carbocycles. The molecule has 0 aliphatic rings. The molecule has 1 heterocycles. The van der Waals surface area contributed by atoms with Crippen LogP contribution in [0.1, 0.15) is 18.1 Å². The summed E-state index contributed by atoms with van der Waals surface area (Å²) >= 11 is 1.57. The van der Waals surface area contributed by atoms with Crippen LogP contribution in [0.25, 0.3) is 10.9 Å². The van der Waals surface area contributed by atoms with Gasteiger partial charge in [-0.3, -0.25) is 4.79 Å². The lowest BCUT2D eigenvalue weighted by atomic mass is 10.1. The van der Waals surface area contributed by atoms with Gasteiger partial charge in [0.25, 0.3) is 0 Å². The first-order chi connectivity index (χ1) is 15.1. The van der Waals surface area contributed by atoms with E-state index in [-0.39, 0.29) is 5.91 Å². The lowest BCUT2D eigenvalue weighted by molar-refractivity contribution is -0.113. The van der Waals surface area contributed by atoms with Crippen LogP contribution in [0, 0.1) is 6.92 Å². The van der Waals surface area contributed by atoms with Gasteiger partial charge in [-0.25, -0.2) is 0 Å². The van der Waals surface area contributed by atoms with E-state index in [1.165, 1.54) is 22.0 Å². The van der Waals surface area contributed by atoms with Crippen molar-refractivity contribution in [1.82, 2.24) is 4.57 Å². The van der Waals surface area contributed by atoms with Gasteiger partial charge in [0.2, 0.25) is 5.91 Å². The number of benzene rings is 3. The average Bonchev–Trinajstić information content (AvgIpc) is 3.13. The fourth-order valence-electron chi connectivity index (χ4n) is 3.57. The molecule has 0 saturated heterocycles. The summed E-state index contributed by atoms with van der Waals surface area (Å²) in [5.74, 6) is 1.13. The van der Waals surface area contributed by atoms with Gasteiger partial charge in [-0.1, -0.05) is 42.5 Å². The number of para-hydroxylation sites is 1. The summed E-state index contributed by atoms with van der Waals surface area (Å²) in [6.07, 6.45) is 2.16. The third-order valence-electron chi connectivity index (χ3n) is 5.16. The number of hydrogen-bond donors (Lipinski definition) is 1. The van der Waals surface area contributed by atoms with Crippen LogP contribution in [0.4, 0.5) is 5.69 Å². The van der Waals surface area contributed by atoms with E-state index in [4.69, 9.17) is 4.74 Å². The fraction of sp³-hybridized carbons (Fsp3) is 0.192. The van der Waals surface area contributed by atoms with Gasteiger partial charge in [0.15, 0.2) is 0 Å². The van der Waals surface area contributed by atoms with Gasteiger partial charge in [0.05, 0.1) is 12.4 Å². The molecule has 1 N–H and O–H groups in total. The van der Waals surface area contributed by atoms with E-state index in [1.54, 1.807) is 11.8 Å². The van der Waals surface area contributed by atoms with Crippen LogP contribution in [-0.2, 0) is 11.3 Å². The van der Waals surface area contributed by atoms with Gasteiger partial charge in [-0.2, -0.15) is 0 Å². The smallest absolute Gasteiger partial charge is 0.234 e. The van der Waals surface area contributed by atoms with Crippen molar-refractivity contribution in [2.45, 2.75) is 25.3 Å². The minimum absolute atomic E-state index is 0.0232. The minimum Gasteiger partial charge on any atom is -0.494 e. The number of aryl methyl sites for hydroxylation is 1. The normalized spacial score (nSPS) is 10.9. The Morgan fingerprint density at radius 2 is 1.74 bits per heavy atom. The number of fused-ring (bicyclic) bond motifs is 1. The summed E-state index contributed by atoms with van der Waals surface area (Å²) in [7, 11) is 0. The molecule has 0 bridgehead atoms. The molecule has 0 fully saturated rings. The Kier molecular flexibility index (Phi) is 6.63. The monoisotopic (exact) mass is 430 g/mol. The molecule has 158 valence electrons. The van der Waals surface area contributed by atoms with Crippen molar-refractivity contribution in [1.29, 1.82) is 0 Å². The Morgan fingerprint density at radius 3 is 2.52 bits per heavy atom. The molecule has 0 saturated carbocycles. The maximum Gasteiger partial charge on any atom is 0.234 e. The van der Waals surface area contributed by atoms with Crippen molar-refractivity contribution < 1.29 is 9.53 Å². The minimum atomic E-state index is -0.0232. The summed E-state index contributed by atoms with van der Waals surface area (Å²) < 4.78 is 7.71. The van der Waals surface area contributed by atoms with Crippen LogP contribution in [-0.4, -0.2) is 22.8 Å². The van der Waals surface area contributed by atoms with E-state index in [2.05, 4.69) is 65.5 Å². The van der Waals surface area contributed by atoms with E-state index in [1.807, 2.05) is 37.3 Å². The number of amides is 1. The maximum atomic E-state index is 12.5. The second kappa shape index (κ2) is 9.75. The number of nitrogens with one attached hydrogen (secondary N) is 1. The zero-order valence-electron chi connectivity index (χ0n) is 17.8. The largest absolute Gasteiger partial charge is 0.494 e. The van der Waals surface area contributed by atoms with Crippen molar-refractivity contribution in [3.8, 4) is 5.75 Å². The zero-order valence-corrected chi connectivity index (χ0v) is 18.6. The molecule has 0 unspecified atom stereocenters. The van der Waals surface area contributed by atoms with Gasteiger partial charge in [0.1, 0.15) is 5.75 Å². The highest BCUT2D eigenvalue weighted by molar-refractivity contribution is 8.00. The van der Waals surface area contributed by atoms with Gasteiger partial charge in [0, 0.05) is 34.2 Å². The molecule has 0 aliphatic heterocycles. The first-order valence-electron chi connectivity index (χ1n) is 10.4. The van der Waals surface area contributed by atoms with Gasteiger partial charge >= 0.3 is 0 Å². The van der Waals surface area contributed by atoms with Crippen LogP contribution >= 0.6 is 11.8 Å². The molecular weight excluding hydrogens is 404 g/mol. The number of carbonyl (C=O) groups is 1. The molecule has 4 aromatic rings. The average molecular weight is 431 g/mol. The number of anilines is 1. The molecule has 1 aromatic heterocycles. The van der Waals surface area contributed by atoms with E-state index < -0.39 is 0 Å². The number of rotatable bonds is 8. The number of carbonyl (C=O) groups excluding carboxylic acids is 1. The third kappa shape index (κ3) is 5.12. The number of thioether (sulfide) groups is 1. The number of nitrogens with zero attached hydrogens (tertiary/aromatic N) is 1. The van der Waals surface area contributed by atoms with Crippen molar-refractivity contribution in [3.05, 3.63) is 90.1 Å². The summed E-state index contributed by atoms with van der Waals surface area (Å²) in [6.45, 7) is 5.53. The number of aromatic nitrogens is 1. The topological polar surface area (TPSA) is 43.3 Å². The predicted octanol–water partition coefficient (Wildman–Crippen LogP) is 6.13. The third-order valence-corrected chi connectivity index (χ3v) is 6.20. The molecule has 0 radical (unpaired) electrons. The molecule has 4 rings (SSSR count). The predicted molar refractivity (Wildman–Crippen MR) is 129 cm³/mol. The molecule has 0 atom stereocenters. The van der Waals surface area contributed by atoms with E-state index in [9.17, 15) is 4.79 Å². The van der Waals surface area contributed by atoms with E-state index >= 15 is 0 Å². The Hall–Kier alpha value is -3.18. The number of hydrogen-bond acceptors (Lipinski definition) is 3. The summed E-state index contributed by atoms with van der Waals surface area (Å²) in [5.41, 5.74) is 4.54. The van der Waals surface area contributed by atoms with Crippen LogP contribution in [0.3, 0.4) is 0 Å². The highest BCUT2D eigenvalue weighted by Crippen LogP contribution is 2.31. The fourth-order valence-corrected chi connectivity index (χ4v) is 4.46. The second-order valence-corrected chi connectivity index (χ2v) is 8.38. The lowest BCUT2D eigenvalue weighted by Crippen LogP contribution is -2.13. The first kappa shape index (κ1) is 21.1. The van der Waals surface area contributed by atoms with Crippen molar-refractivity contribution in [2.75, 3.05) is 17.7 Å². The molecule has 0 spiro atoms. The van der Waals surface area contributed by atoms with Crippen molar-refractivity contribution in [3.63, 3.8) is 0 Å². The first-order valence-corrected chi connectivity index (χ1v) is 11.4. The molecule has 31 heavy (non-hydrogen) atoms. The lowest BCUT2D eigenvalue weighted by Gasteiger charge is -2.08. The van der Waals surface area contributed by atoms with Gasteiger partial charge < -0.3 is 14.6 Å². The maximum absolute atomic E-state index is 12.5. The van der Waals surface area contributed by atoms with Crippen molar-refractivity contribution in [2.24, 2.45) is 0 Å². The van der Waals surface area contributed by atoms with Crippen LogP contribution in [0.5, 0.6) is 5.75 Å². The molecular formula is C26H26N2O2S. The van der Waals surface area contributed by atoms with E-state index in [0.717, 1.165) is 22.9 Å². The highest BCUT2D eigenvalue weighted by Gasteiger charge is 2.12. The Bertz CT molecular complexity index is 1180. The van der Waals surface area contributed by atoms with Crippen molar-refractivity contribution >= 4 is 34.3 Å². The van der Waals surface area contributed by atoms with Crippen LogP contribution in [0.2, 0.25) is 0 Å². The Balaban J connectivity index is 1.46. The SMILES string of the molecule is CCOc1ccc(NC(=O)CSc2cn(Cc3ccccc3C)c3ccccc23)cc1. The standard InChI is InChI=1S/C26H26N2O2S/c1-3-30-22-14-12-21(13-15-22)27-26(29)18-31-25-17-28(24-11-7-6-10-23(24)25)16-20-9-5-4-8-19(20)2/h4-15,17H,3,16,18H2,1-2H3,(H,27,29). The number of ether oxygens (including phenoxy) is 1. The van der Waals surface area contributed by atoms with E-state index in [0.29, 0.717) is 12.4 Å². The van der Waals surface area contributed by atoms with Gasteiger partial charge in [-0.05, 0) is 55.3 Å². The van der Waals surface area contributed by atoms with Crippen LogP contribution in [0.15, 0.2) is 83.9 Å². The Labute approximate surface area is 187 Å². The summed E-state index contributed by atoms with van der Waals surface area (Å²) in [5, 5.41) is 4.14. The Morgan fingerprint density at radius 1 is 1.00 bits per heavy atom. The quantitative estimate of drug-likeness (QED) is 0.342. The molecule has 5 heteroatoms. The van der Waals surface area contributed by atoms with Gasteiger partial charge in [-0.15, -0.1) is 11.8 Å². The highest BCUT2D eigenvalue weighted by atomic mass is 32.2.